The fourth-order valence-corrected chi connectivity index (χ4v) is 3.04. The Morgan fingerprint density at radius 2 is 1.88 bits per heavy atom. The predicted octanol–water partition coefficient (Wildman–Crippen LogP) is 4.93. The highest BCUT2D eigenvalue weighted by Gasteiger charge is 2.26. The van der Waals surface area contributed by atoms with Gasteiger partial charge in [0.05, 0.1) is 0 Å². The number of alkyl halides is 1. The fraction of sp³-hybridized carbons (Fsp3) is 0.571. The molecule has 0 aromatic heterocycles. The highest BCUT2D eigenvalue weighted by atomic mass is 35.5. The zero-order chi connectivity index (χ0) is 11.5. The van der Waals surface area contributed by atoms with Crippen molar-refractivity contribution in [2.75, 3.05) is 0 Å². The van der Waals surface area contributed by atoms with Crippen LogP contribution in [0.3, 0.4) is 0 Å². The zero-order valence-corrected chi connectivity index (χ0v) is 11.1. The summed E-state index contributed by atoms with van der Waals surface area (Å²) in [5.41, 5.74) is 1.36. The molecule has 0 spiro atoms. The molecule has 1 fully saturated rings. The number of hydrogen-bond acceptors (Lipinski definition) is 0. The first-order valence-corrected chi connectivity index (χ1v) is 6.85. The van der Waals surface area contributed by atoms with Gasteiger partial charge in [-0.3, -0.25) is 0 Å². The lowest BCUT2D eigenvalue weighted by Gasteiger charge is -2.31. The lowest BCUT2D eigenvalue weighted by Crippen LogP contribution is -2.25. The molecular formula is C14H18Cl2. The van der Waals surface area contributed by atoms with E-state index in [2.05, 4.69) is 19.1 Å². The van der Waals surface area contributed by atoms with E-state index < -0.39 is 0 Å². The molecule has 2 heteroatoms. The Balaban J connectivity index is 2.00. The van der Waals surface area contributed by atoms with Crippen LogP contribution in [-0.4, -0.2) is 5.38 Å². The monoisotopic (exact) mass is 256 g/mol. The molecule has 1 aromatic carbocycles. The second-order valence-corrected chi connectivity index (χ2v) is 6.02. The van der Waals surface area contributed by atoms with Crippen LogP contribution >= 0.6 is 23.2 Å². The Kier molecular flexibility index (Phi) is 4.16. The molecule has 1 aromatic rings. The minimum absolute atomic E-state index is 0.354. The summed E-state index contributed by atoms with van der Waals surface area (Å²) in [6.07, 6.45) is 4.80. The van der Waals surface area contributed by atoms with Crippen LogP contribution in [0.1, 0.15) is 31.7 Å². The van der Waals surface area contributed by atoms with E-state index >= 15 is 0 Å². The molecule has 1 saturated carbocycles. The van der Waals surface area contributed by atoms with Gasteiger partial charge in [-0.2, -0.15) is 0 Å². The summed E-state index contributed by atoms with van der Waals surface area (Å²) < 4.78 is 0. The van der Waals surface area contributed by atoms with Crippen LogP contribution in [0.25, 0.3) is 0 Å². The van der Waals surface area contributed by atoms with Crippen LogP contribution in [0.4, 0.5) is 0 Å². The minimum atomic E-state index is 0.354. The molecule has 0 aliphatic heterocycles. The van der Waals surface area contributed by atoms with E-state index in [9.17, 15) is 0 Å². The summed E-state index contributed by atoms with van der Waals surface area (Å²) in [5, 5.41) is 1.16. The van der Waals surface area contributed by atoms with Gasteiger partial charge in [0.1, 0.15) is 0 Å². The molecule has 0 bridgehead atoms. The van der Waals surface area contributed by atoms with E-state index in [-0.39, 0.29) is 0 Å². The number of rotatable bonds is 2. The number of benzene rings is 1. The molecular weight excluding hydrogens is 239 g/mol. The lowest BCUT2D eigenvalue weighted by molar-refractivity contribution is 0.287. The second-order valence-electron chi connectivity index (χ2n) is 5.02. The van der Waals surface area contributed by atoms with Gasteiger partial charge in [-0.15, -0.1) is 11.6 Å². The number of hydrogen-bond donors (Lipinski definition) is 0. The normalized spacial score (nSPS) is 30.3. The van der Waals surface area contributed by atoms with Crippen molar-refractivity contribution in [1.82, 2.24) is 0 Å². The molecule has 16 heavy (non-hydrogen) atoms. The maximum absolute atomic E-state index is 6.40. The minimum Gasteiger partial charge on any atom is -0.123 e. The van der Waals surface area contributed by atoms with E-state index in [0.717, 1.165) is 17.4 Å². The molecule has 3 unspecified atom stereocenters. The molecule has 88 valence electrons. The average Bonchev–Trinajstić information content (AvgIpc) is 2.27. The smallest absolute Gasteiger partial charge is 0.0406 e. The molecule has 0 radical (unpaired) electrons. The third-order valence-corrected chi connectivity index (χ3v) is 4.39. The summed E-state index contributed by atoms with van der Waals surface area (Å²) >= 11 is 12.3. The van der Waals surface area contributed by atoms with E-state index in [1.54, 1.807) is 0 Å². The van der Waals surface area contributed by atoms with Crippen molar-refractivity contribution in [2.45, 2.75) is 38.0 Å². The zero-order valence-electron chi connectivity index (χ0n) is 9.63. The molecule has 1 aliphatic carbocycles. The van der Waals surface area contributed by atoms with Crippen LogP contribution < -0.4 is 0 Å². The van der Waals surface area contributed by atoms with E-state index in [1.165, 1.54) is 24.8 Å². The van der Waals surface area contributed by atoms with Crippen molar-refractivity contribution in [3.63, 3.8) is 0 Å². The second kappa shape index (κ2) is 5.42. The van der Waals surface area contributed by atoms with Gasteiger partial charge in [0.25, 0.3) is 0 Å². The standard InChI is InChI=1S/C14H18Cl2/c1-10-2-7-14(16)12(8-10)9-11-3-5-13(15)6-4-11/h3-6,10,12,14H,2,7-9H2,1H3. The molecule has 0 heterocycles. The highest BCUT2D eigenvalue weighted by molar-refractivity contribution is 6.30. The Morgan fingerprint density at radius 1 is 1.19 bits per heavy atom. The van der Waals surface area contributed by atoms with Crippen molar-refractivity contribution < 1.29 is 0 Å². The van der Waals surface area contributed by atoms with Gasteiger partial charge in [-0.1, -0.05) is 30.7 Å². The van der Waals surface area contributed by atoms with Crippen LogP contribution in [0.5, 0.6) is 0 Å². The largest absolute Gasteiger partial charge is 0.123 e. The van der Waals surface area contributed by atoms with Crippen molar-refractivity contribution in [2.24, 2.45) is 11.8 Å². The first-order chi connectivity index (χ1) is 7.65. The quantitative estimate of drug-likeness (QED) is 0.659. The van der Waals surface area contributed by atoms with Gasteiger partial charge in [0, 0.05) is 10.4 Å². The van der Waals surface area contributed by atoms with Gasteiger partial charge in [-0.25, -0.2) is 0 Å². The predicted molar refractivity (Wildman–Crippen MR) is 71.3 cm³/mol. The van der Waals surface area contributed by atoms with Gasteiger partial charge in [0.2, 0.25) is 0 Å². The molecule has 0 saturated heterocycles. The Labute approximate surface area is 108 Å². The fourth-order valence-electron chi connectivity index (χ4n) is 2.60. The maximum atomic E-state index is 6.40. The van der Waals surface area contributed by atoms with Crippen molar-refractivity contribution in [3.8, 4) is 0 Å². The third kappa shape index (κ3) is 3.15. The molecule has 0 amide bonds. The van der Waals surface area contributed by atoms with E-state index in [0.29, 0.717) is 11.3 Å². The highest BCUT2D eigenvalue weighted by Crippen LogP contribution is 2.34. The molecule has 0 nitrogen and oxygen atoms in total. The third-order valence-electron chi connectivity index (χ3n) is 3.56. The lowest BCUT2D eigenvalue weighted by atomic mass is 9.79. The van der Waals surface area contributed by atoms with E-state index in [4.69, 9.17) is 23.2 Å². The first kappa shape index (κ1) is 12.3. The molecule has 1 aliphatic rings. The summed E-state index contributed by atoms with van der Waals surface area (Å²) in [7, 11) is 0. The van der Waals surface area contributed by atoms with Gasteiger partial charge >= 0.3 is 0 Å². The number of halogens is 2. The SMILES string of the molecule is CC1CCC(Cl)C(Cc2ccc(Cl)cc2)C1. The Morgan fingerprint density at radius 3 is 2.56 bits per heavy atom. The van der Waals surface area contributed by atoms with Gasteiger partial charge in [0.15, 0.2) is 0 Å². The Hall–Kier alpha value is -0.200. The van der Waals surface area contributed by atoms with Crippen LogP contribution in [0, 0.1) is 11.8 Å². The first-order valence-electron chi connectivity index (χ1n) is 6.03. The average molecular weight is 257 g/mol. The van der Waals surface area contributed by atoms with Crippen LogP contribution in [-0.2, 0) is 6.42 Å². The van der Waals surface area contributed by atoms with Gasteiger partial charge in [-0.05, 0) is 55.2 Å². The Bertz CT molecular complexity index is 331. The molecule has 3 atom stereocenters. The van der Waals surface area contributed by atoms with Crippen molar-refractivity contribution in [1.29, 1.82) is 0 Å². The summed E-state index contributed by atoms with van der Waals surface area (Å²) in [6, 6.07) is 8.16. The van der Waals surface area contributed by atoms with Crippen molar-refractivity contribution >= 4 is 23.2 Å². The van der Waals surface area contributed by atoms with Crippen molar-refractivity contribution in [3.05, 3.63) is 34.9 Å². The van der Waals surface area contributed by atoms with Gasteiger partial charge < -0.3 is 0 Å². The molecule has 0 N–H and O–H groups in total. The summed E-state index contributed by atoms with van der Waals surface area (Å²) in [4.78, 5) is 0. The topological polar surface area (TPSA) is 0 Å². The summed E-state index contributed by atoms with van der Waals surface area (Å²) in [5.74, 6) is 1.46. The van der Waals surface area contributed by atoms with E-state index in [1.807, 2.05) is 12.1 Å². The maximum Gasteiger partial charge on any atom is 0.0406 e. The van der Waals surface area contributed by atoms with Crippen LogP contribution in [0.15, 0.2) is 24.3 Å². The van der Waals surface area contributed by atoms with Crippen LogP contribution in [0.2, 0.25) is 5.02 Å². The summed E-state index contributed by atoms with van der Waals surface area (Å²) in [6.45, 7) is 2.33. The molecule has 2 rings (SSSR count).